The van der Waals surface area contributed by atoms with Crippen molar-refractivity contribution in [3.63, 3.8) is 0 Å². The van der Waals surface area contributed by atoms with E-state index in [2.05, 4.69) is 31.2 Å². The molecule has 2 aromatic carbocycles. The van der Waals surface area contributed by atoms with Gasteiger partial charge >= 0.3 is 0 Å². The van der Waals surface area contributed by atoms with Gasteiger partial charge in [0, 0.05) is 15.4 Å². The van der Waals surface area contributed by atoms with E-state index in [0.717, 1.165) is 27.9 Å². The van der Waals surface area contributed by atoms with Crippen LogP contribution >= 0.6 is 27.3 Å². The molecule has 1 N–H and O–H groups in total. The van der Waals surface area contributed by atoms with Gasteiger partial charge < -0.3 is 5.32 Å². The summed E-state index contributed by atoms with van der Waals surface area (Å²) < 4.78 is 28.4. The van der Waals surface area contributed by atoms with Crippen LogP contribution in [0.2, 0.25) is 0 Å². The second-order valence-corrected chi connectivity index (χ2v) is 7.83. The number of hydrogen-bond acceptors (Lipinski definition) is 5. The SMILES string of the molecule is O=C(Cn1cnc2ccc(Br)cc2c1=O)Nc1nc(-c2ccc(F)c(F)c2)cs1. The van der Waals surface area contributed by atoms with Crippen molar-refractivity contribution in [2.24, 2.45) is 0 Å². The maximum atomic E-state index is 13.4. The Labute approximate surface area is 175 Å². The molecule has 4 rings (SSSR count). The minimum Gasteiger partial charge on any atom is -0.300 e. The molecule has 0 radical (unpaired) electrons. The molecular formula is C19H11BrF2N4O2S. The molecule has 29 heavy (non-hydrogen) atoms. The molecule has 2 aromatic heterocycles. The number of amides is 1. The summed E-state index contributed by atoms with van der Waals surface area (Å²) in [5, 5.41) is 4.88. The second kappa shape index (κ2) is 7.80. The number of rotatable bonds is 4. The van der Waals surface area contributed by atoms with Gasteiger partial charge in [-0.25, -0.2) is 18.7 Å². The van der Waals surface area contributed by atoms with E-state index >= 15 is 0 Å². The molecule has 0 atom stereocenters. The highest BCUT2D eigenvalue weighted by atomic mass is 79.9. The van der Waals surface area contributed by atoms with Crippen LogP contribution in [0.4, 0.5) is 13.9 Å². The molecule has 0 spiro atoms. The first kappa shape index (κ1) is 19.3. The first-order valence-corrected chi connectivity index (χ1v) is 9.93. The number of anilines is 1. The van der Waals surface area contributed by atoms with Gasteiger partial charge in [-0.3, -0.25) is 14.2 Å². The standard InChI is InChI=1S/C19H11BrF2N4O2S/c20-11-2-4-15-12(6-11)18(28)26(9-23-15)7-17(27)25-19-24-16(8-29-19)10-1-3-13(21)14(22)5-10/h1-6,8-9H,7H2,(H,24,25,27). The number of halogens is 3. The Morgan fingerprint density at radius 3 is 2.79 bits per heavy atom. The van der Waals surface area contributed by atoms with Gasteiger partial charge in [0.25, 0.3) is 5.56 Å². The van der Waals surface area contributed by atoms with Crippen molar-refractivity contribution >= 4 is 49.2 Å². The summed E-state index contributed by atoms with van der Waals surface area (Å²) in [6, 6.07) is 8.58. The molecule has 10 heteroatoms. The third kappa shape index (κ3) is 4.08. The van der Waals surface area contributed by atoms with Crippen LogP contribution in [-0.4, -0.2) is 20.4 Å². The number of carbonyl (C=O) groups excluding carboxylic acids is 1. The number of nitrogens with zero attached hydrogens (tertiary/aromatic N) is 3. The Hall–Kier alpha value is -2.98. The number of thiazole rings is 1. The van der Waals surface area contributed by atoms with Gasteiger partial charge in [0.2, 0.25) is 5.91 Å². The maximum Gasteiger partial charge on any atom is 0.261 e. The number of aromatic nitrogens is 3. The van der Waals surface area contributed by atoms with E-state index in [0.29, 0.717) is 22.2 Å². The number of hydrogen-bond donors (Lipinski definition) is 1. The third-order valence-corrected chi connectivity index (χ3v) is 5.32. The van der Waals surface area contributed by atoms with Crippen LogP contribution in [-0.2, 0) is 11.3 Å². The van der Waals surface area contributed by atoms with E-state index in [4.69, 9.17) is 0 Å². The molecule has 0 aliphatic rings. The minimum absolute atomic E-state index is 0.242. The molecule has 146 valence electrons. The summed E-state index contributed by atoms with van der Waals surface area (Å²) in [4.78, 5) is 33.3. The van der Waals surface area contributed by atoms with E-state index in [9.17, 15) is 18.4 Å². The smallest absolute Gasteiger partial charge is 0.261 e. The Balaban J connectivity index is 1.51. The number of fused-ring (bicyclic) bond motifs is 1. The first-order chi connectivity index (χ1) is 13.9. The summed E-state index contributed by atoms with van der Waals surface area (Å²) in [5.74, 6) is -2.38. The van der Waals surface area contributed by atoms with Crippen LogP contribution in [0.1, 0.15) is 0 Å². The van der Waals surface area contributed by atoms with E-state index in [-0.39, 0.29) is 17.2 Å². The van der Waals surface area contributed by atoms with E-state index in [1.807, 2.05) is 0 Å². The monoisotopic (exact) mass is 476 g/mol. The highest BCUT2D eigenvalue weighted by Gasteiger charge is 2.12. The molecule has 6 nitrogen and oxygen atoms in total. The maximum absolute atomic E-state index is 13.4. The molecule has 0 unspecified atom stereocenters. The lowest BCUT2D eigenvalue weighted by Gasteiger charge is -2.06. The molecular weight excluding hydrogens is 466 g/mol. The van der Waals surface area contributed by atoms with Crippen LogP contribution < -0.4 is 10.9 Å². The molecule has 0 aliphatic heterocycles. The average molecular weight is 477 g/mol. The first-order valence-electron chi connectivity index (χ1n) is 8.26. The van der Waals surface area contributed by atoms with E-state index < -0.39 is 17.5 Å². The van der Waals surface area contributed by atoms with Gasteiger partial charge in [0.15, 0.2) is 16.8 Å². The molecule has 0 saturated carbocycles. The lowest BCUT2D eigenvalue weighted by molar-refractivity contribution is -0.116. The van der Waals surface area contributed by atoms with Gasteiger partial charge in [0.1, 0.15) is 6.54 Å². The summed E-state index contributed by atoms with van der Waals surface area (Å²) in [7, 11) is 0. The molecule has 0 bridgehead atoms. The van der Waals surface area contributed by atoms with Crippen LogP contribution in [0, 0.1) is 11.6 Å². The Bertz CT molecular complexity index is 1310. The molecule has 4 aromatic rings. The Morgan fingerprint density at radius 1 is 1.17 bits per heavy atom. The number of benzene rings is 2. The number of nitrogens with one attached hydrogen (secondary N) is 1. The van der Waals surface area contributed by atoms with Crippen molar-refractivity contribution < 1.29 is 13.6 Å². The Kier molecular flexibility index (Phi) is 5.20. The van der Waals surface area contributed by atoms with Crippen LogP contribution in [0.15, 0.2) is 57.4 Å². The molecule has 2 heterocycles. The van der Waals surface area contributed by atoms with Crippen LogP contribution in [0.5, 0.6) is 0 Å². The summed E-state index contributed by atoms with van der Waals surface area (Å²) >= 11 is 4.44. The predicted octanol–water partition coefficient (Wildman–Crippen LogP) is 4.20. The summed E-state index contributed by atoms with van der Waals surface area (Å²) in [6.45, 7) is -0.242. The van der Waals surface area contributed by atoms with Crippen molar-refractivity contribution in [3.8, 4) is 11.3 Å². The zero-order chi connectivity index (χ0) is 20.5. The van der Waals surface area contributed by atoms with Crippen molar-refractivity contribution in [3.05, 3.63) is 74.6 Å². The average Bonchev–Trinajstić information content (AvgIpc) is 3.15. The normalized spacial score (nSPS) is 11.0. The molecule has 0 saturated heterocycles. The van der Waals surface area contributed by atoms with Crippen molar-refractivity contribution in [1.82, 2.24) is 14.5 Å². The number of carbonyl (C=O) groups is 1. The van der Waals surface area contributed by atoms with E-state index in [1.165, 1.54) is 17.0 Å². The fraction of sp³-hybridized carbons (Fsp3) is 0.0526. The van der Waals surface area contributed by atoms with Gasteiger partial charge in [-0.15, -0.1) is 11.3 Å². The van der Waals surface area contributed by atoms with Gasteiger partial charge in [-0.1, -0.05) is 15.9 Å². The fourth-order valence-electron chi connectivity index (χ4n) is 2.68. The largest absolute Gasteiger partial charge is 0.300 e. The second-order valence-electron chi connectivity index (χ2n) is 6.05. The topological polar surface area (TPSA) is 76.9 Å². The quantitative estimate of drug-likeness (QED) is 0.478. The third-order valence-electron chi connectivity index (χ3n) is 4.07. The zero-order valence-electron chi connectivity index (χ0n) is 14.5. The van der Waals surface area contributed by atoms with Crippen LogP contribution in [0.3, 0.4) is 0 Å². The van der Waals surface area contributed by atoms with E-state index in [1.54, 1.807) is 23.6 Å². The molecule has 1 amide bonds. The van der Waals surface area contributed by atoms with Gasteiger partial charge in [0.05, 0.1) is 22.9 Å². The minimum atomic E-state index is -0.976. The summed E-state index contributed by atoms with van der Waals surface area (Å²) in [6.07, 6.45) is 1.31. The van der Waals surface area contributed by atoms with Crippen molar-refractivity contribution in [1.29, 1.82) is 0 Å². The predicted molar refractivity (Wildman–Crippen MR) is 110 cm³/mol. The van der Waals surface area contributed by atoms with Gasteiger partial charge in [-0.2, -0.15) is 0 Å². The zero-order valence-corrected chi connectivity index (χ0v) is 16.9. The lowest BCUT2D eigenvalue weighted by Crippen LogP contribution is -2.27. The van der Waals surface area contributed by atoms with Crippen LogP contribution in [0.25, 0.3) is 22.2 Å². The highest BCUT2D eigenvalue weighted by Crippen LogP contribution is 2.26. The molecule has 0 aliphatic carbocycles. The lowest BCUT2D eigenvalue weighted by atomic mass is 10.2. The molecule has 0 fully saturated rings. The van der Waals surface area contributed by atoms with Crippen molar-refractivity contribution in [2.75, 3.05) is 5.32 Å². The fourth-order valence-corrected chi connectivity index (χ4v) is 3.77. The highest BCUT2D eigenvalue weighted by molar-refractivity contribution is 9.10. The Morgan fingerprint density at radius 2 is 2.00 bits per heavy atom. The van der Waals surface area contributed by atoms with Crippen molar-refractivity contribution in [2.45, 2.75) is 6.54 Å². The van der Waals surface area contributed by atoms with Gasteiger partial charge in [-0.05, 0) is 36.4 Å². The summed E-state index contributed by atoms with van der Waals surface area (Å²) in [5.41, 5.74) is 0.985.